The smallest absolute Gasteiger partial charge is 0.133 e. The molecule has 1 saturated heterocycles. The van der Waals surface area contributed by atoms with Crippen molar-refractivity contribution in [1.82, 2.24) is 9.80 Å². The van der Waals surface area contributed by atoms with Crippen LogP contribution in [-0.2, 0) is 0 Å². The average molecular weight is 342 g/mol. The van der Waals surface area contributed by atoms with Crippen LogP contribution in [0.4, 0.5) is 0 Å². The Kier molecular flexibility index (Phi) is 5.43. The highest BCUT2D eigenvalue weighted by Crippen LogP contribution is 2.31. The molecule has 1 aromatic rings. The highest BCUT2D eigenvalue weighted by Gasteiger charge is 2.28. The molecule has 112 valence electrons. The zero-order valence-electron chi connectivity index (χ0n) is 12.5. The van der Waals surface area contributed by atoms with Crippen molar-refractivity contribution < 1.29 is 4.74 Å². The number of piperazine rings is 1. The Morgan fingerprint density at radius 3 is 2.75 bits per heavy atom. The van der Waals surface area contributed by atoms with Gasteiger partial charge in [0.25, 0.3) is 0 Å². The lowest BCUT2D eigenvalue weighted by atomic mass is 10.0. The van der Waals surface area contributed by atoms with E-state index in [0.717, 1.165) is 29.9 Å². The third-order valence-corrected chi connectivity index (χ3v) is 4.69. The molecule has 0 spiro atoms. The molecule has 1 aliphatic rings. The number of hydrogen-bond acceptors (Lipinski definition) is 4. The first-order valence-corrected chi connectivity index (χ1v) is 7.84. The number of benzene rings is 1. The third kappa shape index (κ3) is 3.34. The van der Waals surface area contributed by atoms with Crippen LogP contribution in [0.3, 0.4) is 0 Å². The predicted octanol–water partition coefficient (Wildman–Crippen LogP) is 2.09. The molecule has 0 bridgehead atoms. The van der Waals surface area contributed by atoms with E-state index in [9.17, 15) is 0 Å². The molecule has 1 fully saturated rings. The zero-order chi connectivity index (χ0) is 14.7. The summed E-state index contributed by atoms with van der Waals surface area (Å²) in [4.78, 5) is 4.88. The Morgan fingerprint density at radius 1 is 1.45 bits per heavy atom. The van der Waals surface area contributed by atoms with Crippen molar-refractivity contribution in [3.8, 4) is 5.75 Å². The summed E-state index contributed by atoms with van der Waals surface area (Å²) in [6.07, 6.45) is 0. The summed E-state index contributed by atoms with van der Waals surface area (Å²) in [6, 6.07) is 7.03. The minimum Gasteiger partial charge on any atom is -0.496 e. The zero-order valence-corrected chi connectivity index (χ0v) is 14.1. The van der Waals surface area contributed by atoms with Crippen LogP contribution >= 0.6 is 15.9 Å². The summed E-state index contributed by atoms with van der Waals surface area (Å²) >= 11 is 3.56. The summed E-state index contributed by atoms with van der Waals surface area (Å²) in [6.45, 7) is 6.15. The third-order valence-electron chi connectivity index (χ3n) is 4.07. The molecular formula is C15H24BrN3O. The van der Waals surface area contributed by atoms with Gasteiger partial charge in [-0.2, -0.15) is 0 Å². The van der Waals surface area contributed by atoms with Gasteiger partial charge in [-0.15, -0.1) is 0 Å². The Bertz CT molecular complexity index is 455. The van der Waals surface area contributed by atoms with E-state index in [1.165, 1.54) is 5.56 Å². The van der Waals surface area contributed by atoms with Gasteiger partial charge in [-0.25, -0.2) is 0 Å². The van der Waals surface area contributed by atoms with Crippen LogP contribution in [0, 0.1) is 0 Å². The fourth-order valence-electron chi connectivity index (χ4n) is 2.97. The molecule has 2 atom stereocenters. The molecule has 4 nitrogen and oxygen atoms in total. The van der Waals surface area contributed by atoms with Gasteiger partial charge in [0.15, 0.2) is 0 Å². The highest BCUT2D eigenvalue weighted by atomic mass is 79.9. The molecule has 1 aliphatic heterocycles. The highest BCUT2D eigenvalue weighted by molar-refractivity contribution is 9.10. The van der Waals surface area contributed by atoms with Crippen molar-refractivity contribution in [2.24, 2.45) is 5.73 Å². The van der Waals surface area contributed by atoms with E-state index in [0.29, 0.717) is 12.6 Å². The molecule has 2 N–H and O–H groups in total. The molecule has 0 amide bonds. The Balaban J connectivity index is 2.21. The minimum atomic E-state index is 0.265. The van der Waals surface area contributed by atoms with Crippen molar-refractivity contribution >= 4 is 15.9 Å². The molecule has 2 unspecified atom stereocenters. The lowest BCUT2D eigenvalue weighted by Gasteiger charge is -2.42. The van der Waals surface area contributed by atoms with Gasteiger partial charge in [0.05, 0.1) is 11.6 Å². The number of rotatable bonds is 4. The van der Waals surface area contributed by atoms with Crippen LogP contribution in [0.1, 0.15) is 18.5 Å². The number of nitrogens with two attached hydrogens (primary N) is 1. The van der Waals surface area contributed by atoms with Gasteiger partial charge in [0.2, 0.25) is 0 Å². The largest absolute Gasteiger partial charge is 0.496 e. The van der Waals surface area contributed by atoms with Gasteiger partial charge in [-0.1, -0.05) is 6.07 Å². The van der Waals surface area contributed by atoms with Gasteiger partial charge < -0.3 is 15.4 Å². The van der Waals surface area contributed by atoms with Crippen LogP contribution in [-0.4, -0.2) is 56.2 Å². The number of ether oxygens (including phenoxy) is 1. The first kappa shape index (κ1) is 15.8. The maximum absolute atomic E-state index is 6.05. The fourth-order valence-corrected chi connectivity index (χ4v) is 3.53. The van der Waals surface area contributed by atoms with Crippen molar-refractivity contribution in [2.75, 3.05) is 40.3 Å². The van der Waals surface area contributed by atoms with Crippen molar-refractivity contribution in [3.05, 3.63) is 28.2 Å². The number of nitrogens with zero attached hydrogens (tertiary/aromatic N) is 2. The number of methoxy groups -OCH3 is 1. The maximum atomic E-state index is 6.05. The van der Waals surface area contributed by atoms with Gasteiger partial charge >= 0.3 is 0 Å². The molecule has 0 aliphatic carbocycles. The molecular weight excluding hydrogens is 318 g/mol. The van der Waals surface area contributed by atoms with Crippen LogP contribution in [0.2, 0.25) is 0 Å². The van der Waals surface area contributed by atoms with Crippen molar-refractivity contribution in [1.29, 1.82) is 0 Å². The minimum absolute atomic E-state index is 0.265. The van der Waals surface area contributed by atoms with Crippen molar-refractivity contribution in [2.45, 2.75) is 19.0 Å². The van der Waals surface area contributed by atoms with Crippen LogP contribution in [0.25, 0.3) is 0 Å². The molecule has 1 heterocycles. The first-order chi connectivity index (χ1) is 9.56. The topological polar surface area (TPSA) is 41.7 Å². The fraction of sp³-hybridized carbons (Fsp3) is 0.600. The molecule has 2 rings (SSSR count). The predicted molar refractivity (Wildman–Crippen MR) is 86.2 cm³/mol. The van der Waals surface area contributed by atoms with E-state index in [2.05, 4.69) is 51.8 Å². The second kappa shape index (κ2) is 6.89. The van der Waals surface area contributed by atoms with Crippen LogP contribution in [0.15, 0.2) is 22.7 Å². The summed E-state index contributed by atoms with van der Waals surface area (Å²) in [5.74, 6) is 0.857. The van der Waals surface area contributed by atoms with E-state index in [-0.39, 0.29) is 6.04 Å². The summed E-state index contributed by atoms with van der Waals surface area (Å²) in [7, 11) is 3.86. The number of hydrogen-bond donors (Lipinski definition) is 1. The van der Waals surface area contributed by atoms with E-state index in [1.54, 1.807) is 7.11 Å². The molecule has 5 heteroatoms. The molecule has 20 heavy (non-hydrogen) atoms. The summed E-state index contributed by atoms with van der Waals surface area (Å²) < 4.78 is 6.28. The Hall–Kier alpha value is -0.620. The van der Waals surface area contributed by atoms with Gasteiger partial charge in [0, 0.05) is 38.3 Å². The SMILES string of the molecule is COc1ccc(C(CN)N2CCN(C)CC2C)cc1Br. The summed E-state index contributed by atoms with van der Waals surface area (Å²) in [5, 5.41) is 0. The number of likely N-dealkylation sites (N-methyl/N-ethyl adjacent to an activating group) is 1. The monoisotopic (exact) mass is 341 g/mol. The maximum Gasteiger partial charge on any atom is 0.133 e. The van der Waals surface area contributed by atoms with E-state index >= 15 is 0 Å². The quantitative estimate of drug-likeness (QED) is 0.910. The Labute approximate surface area is 130 Å². The number of halogens is 1. The van der Waals surface area contributed by atoms with E-state index in [4.69, 9.17) is 10.5 Å². The van der Waals surface area contributed by atoms with E-state index < -0.39 is 0 Å². The second-order valence-electron chi connectivity index (χ2n) is 5.49. The lowest BCUT2D eigenvalue weighted by molar-refractivity contribution is 0.0635. The average Bonchev–Trinajstić information content (AvgIpc) is 2.42. The first-order valence-electron chi connectivity index (χ1n) is 7.04. The van der Waals surface area contributed by atoms with Gasteiger partial charge in [-0.05, 0) is 47.6 Å². The summed E-state index contributed by atoms with van der Waals surface area (Å²) in [5.41, 5.74) is 7.30. The molecule has 1 aromatic carbocycles. The van der Waals surface area contributed by atoms with Crippen LogP contribution in [0.5, 0.6) is 5.75 Å². The Morgan fingerprint density at radius 2 is 2.20 bits per heavy atom. The standard InChI is InChI=1S/C15H24BrN3O/c1-11-10-18(2)6-7-19(11)14(9-17)12-4-5-15(20-3)13(16)8-12/h4-5,8,11,14H,6-7,9-10,17H2,1-3H3. The second-order valence-corrected chi connectivity index (χ2v) is 6.35. The van der Waals surface area contributed by atoms with Crippen molar-refractivity contribution in [3.63, 3.8) is 0 Å². The van der Waals surface area contributed by atoms with E-state index in [1.807, 2.05) is 6.07 Å². The van der Waals surface area contributed by atoms with Gasteiger partial charge in [-0.3, -0.25) is 4.90 Å². The molecule has 0 aromatic heterocycles. The van der Waals surface area contributed by atoms with Crippen LogP contribution < -0.4 is 10.5 Å². The normalized spacial score (nSPS) is 22.8. The molecule has 0 radical (unpaired) electrons. The van der Waals surface area contributed by atoms with Gasteiger partial charge in [0.1, 0.15) is 5.75 Å². The lowest BCUT2D eigenvalue weighted by Crippen LogP contribution is -2.52. The molecule has 0 saturated carbocycles.